The number of piperidine rings is 1. The molecule has 19 heavy (non-hydrogen) atoms. The lowest BCUT2D eigenvalue weighted by Gasteiger charge is -2.30. The molecule has 0 bridgehead atoms. The summed E-state index contributed by atoms with van der Waals surface area (Å²) in [6.07, 6.45) is 1.13. The standard InChI is InChI=1S/C14H20N2O3/c1-2-19-13-11(6-3-7-12(13)15)14(18)16-8-4-5-10(17)9-16/h3,6-7,10,17H,2,4-5,8-9,15H2,1H3. The van der Waals surface area contributed by atoms with Gasteiger partial charge in [0.2, 0.25) is 0 Å². The zero-order valence-electron chi connectivity index (χ0n) is 11.1. The quantitative estimate of drug-likeness (QED) is 0.806. The van der Waals surface area contributed by atoms with Gasteiger partial charge in [0.05, 0.1) is 24.0 Å². The molecule has 0 aromatic heterocycles. The van der Waals surface area contributed by atoms with Gasteiger partial charge in [0.25, 0.3) is 5.91 Å². The Hall–Kier alpha value is -1.75. The number of ether oxygens (including phenoxy) is 1. The summed E-state index contributed by atoms with van der Waals surface area (Å²) in [5, 5.41) is 9.65. The lowest BCUT2D eigenvalue weighted by Crippen LogP contribution is -2.42. The smallest absolute Gasteiger partial charge is 0.257 e. The van der Waals surface area contributed by atoms with Crippen molar-refractivity contribution < 1.29 is 14.6 Å². The van der Waals surface area contributed by atoms with Crippen molar-refractivity contribution in [3.63, 3.8) is 0 Å². The third kappa shape index (κ3) is 2.98. The zero-order valence-corrected chi connectivity index (χ0v) is 11.1. The molecule has 0 saturated carbocycles. The molecular formula is C14H20N2O3. The Morgan fingerprint density at radius 1 is 1.58 bits per heavy atom. The van der Waals surface area contributed by atoms with Crippen LogP contribution in [0.1, 0.15) is 30.1 Å². The highest BCUT2D eigenvalue weighted by molar-refractivity contribution is 5.98. The number of β-amino-alcohol motifs (C(OH)–C–C–N with tert-alkyl or cyclic N) is 1. The van der Waals surface area contributed by atoms with Crippen LogP contribution >= 0.6 is 0 Å². The van der Waals surface area contributed by atoms with E-state index in [1.807, 2.05) is 6.92 Å². The lowest BCUT2D eigenvalue weighted by atomic mass is 10.1. The molecule has 0 aliphatic carbocycles. The first-order valence-corrected chi connectivity index (χ1v) is 6.62. The fraction of sp³-hybridized carbons (Fsp3) is 0.500. The van der Waals surface area contributed by atoms with E-state index in [1.165, 1.54) is 0 Å². The number of anilines is 1. The van der Waals surface area contributed by atoms with Gasteiger partial charge in [-0.25, -0.2) is 0 Å². The van der Waals surface area contributed by atoms with Gasteiger partial charge in [-0.15, -0.1) is 0 Å². The molecule has 3 N–H and O–H groups in total. The molecule has 1 aromatic carbocycles. The highest BCUT2D eigenvalue weighted by Gasteiger charge is 2.25. The van der Waals surface area contributed by atoms with Crippen molar-refractivity contribution in [2.24, 2.45) is 0 Å². The van der Waals surface area contributed by atoms with Crippen molar-refractivity contribution >= 4 is 11.6 Å². The van der Waals surface area contributed by atoms with Crippen molar-refractivity contribution in [3.8, 4) is 5.75 Å². The predicted molar refractivity (Wildman–Crippen MR) is 73.2 cm³/mol. The van der Waals surface area contributed by atoms with E-state index in [0.29, 0.717) is 36.7 Å². The van der Waals surface area contributed by atoms with Crippen LogP contribution in [0, 0.1) is 0 Å². The van der Waals surface area contributed by atoms with Crippen molar-refractivity contribution in [2.75, 3.05) is 25.4 Å². The second kappa shape index (κ2) is 5.93. The van der Waals surface area contributed by atoms with E-state index >= 15 is 0 Å². The Bertz CT molecular complexity index is 462. The number of para-hydroxylation sites is 1. The number of nitrogens with zero attached hydrogens (tertiary/aromatic N) is 1. The third-order valence-electron chi connectivity index (χ3n) is 3.25. The van der Waals surface area contributed by atoms with Crippen LogP contribution in [0.2, 0.25) is 0 Å². The summed E-state index contributed by atoms with van der Waals surface area (Å²) in [5.41, 5.74) is 6.79. The average Bonchev–Trinajstić information content (AvgIpc) is 2.40. The normalized spacial score (nSPS) is 19.3. The topological polar surface area (TPSA) is 75.8 Å². The molecule has 1 unspecified atom stereocenters. The van der Waals surface area contributed by atoms with Gasteiger partial charge in [-0.3, -0.25) is 4.79 Å². The van der Waals surface area contributed by atoms with Crippen molar-refractivity contribution in [3.05, 3.63) is 23.8 Å². The van der Waals surface area contributed by atoms with Crippen LogP contribution < -0.4 is 10.5 Å². The molecule has 1 saturated heterocycles. The molecule has 0 spiro atoms. The van der Waals surface area contributed by atoms with Crippen LogP contribution in [0.15, 0.2) is 18.2 Å². The van der Waals surface area contributed by atoms with Gasteiger partial charge >= 0.3 is 0 Å². The fourth-order valence-electron chi connectivity index (χ4n) is 2.34. The van der Waals surface area contributed by atoms with Gasteiger partial charge in [0.15, 0.2) is 5.75 Å². The van der Waals surface area contributed by atoms with E-state index in [4.69, 9.17) is 10.5 Å². The molecule has 1 aliphatic heterocycles. The molecule has 1 fully saturated rings. The summed E-state index contributed by atoms with van der Waals surface area (Å²) >= 11 is 0. The number of aliphatic hydroxyl groups is 1. The van der Waals surface area contributed by atoms with Gasteiger partial charge < -0.3 is 20.5 Å². The molecule has 1 aromatic rings. The van der Waals surface area contributed by atoms with E-state index in [1.54, 1.807) is 23.1 Å². The number of nitrogens with two attached hydrogens (primary N) is 1. The molecule has 5 nitrogen and oxygen atoms in total. The number of carbonyl (C=O) groups is 1. The minimum absolute atomic E-state index is 0.130. The summed E-state index contributed by atoms with van der Waals surface area (Å²) in [6.45, 7) is 3.35. The van der Waals surface area contributed by atoms with Crippen LogP contribution in [0.3, 0.4) is 0 Å². The lowest BCUT2D eigenvalue weighted by molar-refractivity contribution is 0.0470. The number of aliphatic hydroxyl groups excluding tert-OH is 1. The summed E-state index contributed by atoms with van der Waals surface area (Å²) in [7, 11) is 0. The number of likely N-dealkylation sites (tertiary alicyclic amines) is 1. The maximum Gasteiger partial charge on any atom is 0.257 e. The van der Waals surface area contributed by atoms with Crippen LogP contribution in [-0.2, 0) is 0 Å². The highest BCUT2D eigenvalue weighted by Crippen LogP contribution is 2.28. The minimum atomic E-state index is -0.436. The Morgan fingerprint density at radius 2 is 2.37 bits per heavy atom. The van der Waals surface area contributed by atoms with Gasteiger partial charge in [0, 0.05) is 13.1 Å². The van der Waals surface area contributed by atoms with Gasteiger partial charge in [-0.1, -0.05) is 6.07 Å². The SMILES string of the molecule is CCOc1c(N)cccc1C(=O)N1CCCC(O)C1. The summed E-state index contributed by atoms with van der Waals surface area (Å²) < 4.78 is 5.47. The summed E-state index contributed by atoms with van der Waals surface area (Å²) in [6, 6.07) is 5.17. The van der Waals surface area contributed by atoms with E-state index < -0.39 is 6.10 Å². The van der Waals surface area contributed by atoms with Crippen LogP contribution in [0.25, 0.3) is 0 Å². The summed E-state index contributed by atoms with van der Waals surface area (Å²) in [5.74, 6) is 0.310. The maximum absolute atomic E-state index is 12.5. The number of carbonyl (C=O) groups excluding carboxylic acids is 1. The zero-order chi connectivity index (χ0) is 13.8. The molecule has 1 atom stereocenters. The second-order valence-corrected chi connectivity index (χ2v) is 4.70. The summed E-state index contributed by atoms with van der Waals surface area (Å²) in [4.78, 5) is 14.1. The Balaban J connectivity index is 2.25. The van der Waals surface area contributed by atoms with E-state index in [2.05, 4.69) is 0 Å². The Labute approximate surface area is 113 Å². The monoisotopic (exact) mass is 264 g/mol. The van der Waals surface area contributed by atoms with Gasteiger partial charge in [-0.2, -0.15) is 0 Å². The van der Waals surface area contributed by atoms with Gasteiger partial charge in [0.1, 0.15) is 0 Å². The van der Waals surface area contributed by atoms with Crippen molar-refractivity contribution in [1.82, 2.24) is 4.90 Å². The molecule has 2 rings (SSSR count). The minimum Gasteiger partial charge on any atom is -0.491 e. The molecule has 104 valence electrons. The van der Waals surface area contributed by atoms with Crippen molar-refractivity contribution in [1.29, 1.82) is 0 Å². The number of nitrogen functional groups attached to an aromatic ring is 1. The number of hydrogen-bond acceptors (Lipinski definition) is 4. The number of rotatable bonds is 3. The number of benzene rings is 1. The fourth-order valence-corrected chi connectivity index (χ4v) is 2.34. The highest BCUT2D eigenvalue weighted by atomic mass is 16.5. The van der Waals surface area contributed by atoms with Crippen molar-refractivity contribution in [2.45, 2.75) is 25.9 Å². The predicted octanol–water partition coefficient (Wildman–Crippen LogP) is 1.26. The molecular weight excluding hydrogens is 244 g/mol. The Morgan fingerprint density at radius 3 is 3.05 bits per heavy atom. The first-order chi connectivity index (χ1) is 9.13. The van der Waals surface area contributed by atoms with E-state index in [0.717, 1.165) is 12.8 Å². The van der Waals surface area contributed by atoms with Crippen LogP contribution in [0.4, 0.5) is 5.69 Å². The third-order valence-corrected chi connectivity index (χ3v) is 3.25. The van der Waals surface area contributed by atoms with E-state index in [-0.39, 0.29) is 5.91 Å². The van der Waals surface area contributed by atoms with E-state index in [9.17, 15) is 9.90 Å². The van der Waals surface area contributed by atoms with Gasteiger partial charge in [-0.05, 0) is 31.9 Å². The maximum atomic E-state index is 12.5. The number of hydrogen-bond donors (Lipinski definition) is 2. The largest absolute Gasteiger partial charge is 0.491 e. The molecule has 1 aliphatic rings. The Kier molecular flexibility index (Phi) is 4.27. The number of amides is 1. The molecule has 1 heterocycles. The first-order valence-electron chi connectivity index (χ1n) is 6.62. The van der Waals surface area contributed by atoms with Crippen LogP contribution in [0.5, 0.6) is 5.75 Å². The van der Waals surface area contributed by atoms with Crippen LogP contribution in [-0.4, -0.2) is 41.7 Å². The molecule has 0 radical (unpaired) electrons. The first kappa shape index (κ1) is 13.7. The second-order valence-electron chi connectivity index (χ2n) is 4.70. The average molecular weight is 264 g/mol. The molecule has 5 heteroatoms. The molecule has 1 amide bonds.